The average molecular weight is 271 g/mol. The summed E-state index contributed by atoms with van der Waals surface area (Å²) in [5.74, 6) is -0.965. The van der Waals surface area contributed by atoms with Crippen LogP contribution in [-0.2, 0) is 14.3 Å². The zero-order valence-electron chi connectivity index (χ0n) is 12.2. The monoisotopic (exact) mass is 271 g/mol. The van der Waals surface area contributed by atoms with E-state index >= 15 is 0 Å². The fourth-order valence-electron chi connectivity index (χ4n) is 2.92. The lowest BCUT2D eigenvalue weighted by atomic mass is 9.61. The first kappa shape index (κ1) is 16.0. The quantitative estimate of drug-likeness (QED) is 0.797. The van der Waals surface area contributed by atoms with Crippen LogP contribution in [0.3, 0.4) is 0 Å². The topological polar surface area (TPSA) is 75.6 Å². The Bertz CT molecular complexity index is 340. The number of carboxylic acids is 1. The molecule has 5 nitrogen and oxygen atoms in total. The molecule has 0 aliphatic heterocycles. The number of aliphatic carboxylic acids is 1. The number of nitrogens with one attached hydrogen (secondary N) is 1. The Labute approximate surface area is 114 Å². The van der Waals surface area contributed by atoms with Gasteiger partial charge in [-0.15, -0.1) is 0 Å². The maximum Gasteiger partial charge on any atom is 0.307 e. The van der Waals surface area contributed by atoms with Crippen LogP contribution in [-0.4, -0.2) is 36.7 Å². The van der Waals surface area contributed by atoms with Gasteiger partial charge in [0.1, 0.15) is 0 Å². The van der Waals surface area contributed by atoms with Crippen molar-refractivity contribution in [3.8, 4) is 0 Å². The van der Waals surface area contributed by atoms with Crippen LogP contribution in [0.5, 0.6) is 0 Å². The van der Waals surface area contributed by atoms with Crippen molar-refractivity contribution >= 4 is 11.9 Å². The summed E-state index contributed by atoms with van der Waals surface area (Å²) in [6.45, 7) is 6.39. The van der Waals surface area contributed by atoms with Crippen LogP contribution in [0.1, 0.15) is 40.0 Å². The van der Waals surface area contributed by atoms with Crippen molar-refractivity contribution in [2.45, 2.75) is 46.1 Å². The first-order valence-electron chi connectivity index (χ1n) is 6.81. The van der Waals surface area contributed by atoms with Crippen molar-refractivity contribution in [3.05, 3.63) is 0 Å². The molecule has 110 valence electrons. The van der Waals surface area contributed by atoms with Crippen LogP contribution in [0.15, 0.2) is 0 Å². The van der Waals surface area contributed by atoms with Gasteiger partial charge in [-0.3, -0.25) is 9.59 Å². The fourth-order valence-corrected chi connectivity index (χ4v) is 2.92. The molecule has 1 aliphatic carbocycles. The highest BCUT2D eigenvalue weighted by Crippen LogP contribution is 2.45. The first-order chi connectivity index (χ1) is 8.80. The molecule has 3 atom stereocenters. The lowest BCUT2D eigenvalue weighted by molar-refractivity contribution is -0.150. The number of rotatable bonds is 5. The van der Waals surface area contributed by atoms with Gasteiger partial charge in [0.25, 0.3) is 0 Å². The van der Waals surface area contributed by atoms with Gasteiger partial charge in [-0.2, -0.15) is 0 Å². The second-order valence-corrected chi connectivity index (χ2v) is 6.00. The molecule has 5 heteroatoms. The molecule has 0 aromatic heterocycles. The van der Waals surface area contributed by atoms with Crippen molar-refractivity contribution in [2.75, 3.05) is 13.7 Å². The SMILES string of the molecule is COCCC(=O)NC1CCC(C(=O)O)C(C)(C)C1C. The minimum atomic E-state index is -0.735. The summed E-state index contributed by atoms with van der Waals surface area (Å²) in [5, 5.41) is 12.3. The third-order valence-electron chi connectivity index (χ3n) is 4.62. The van der Waals surface area contributed by atoms with Gasteiger partial charge >= 0.3 is 5.97 Å². The number of ether oxygens (including phenoxy) is 1. The Morgan fingerprint density at radius 2 is 2.00 bits per heavy atom. The molecule has 1 amide bonds. The highest BCUT2D eigenvalue weighted by molar-refractivity contribution is 5.76. The van der Waals surface area contributed by atoms with E-state index < -0.39 is 5.97 Å². The van der Waals surface area contributed by atoms with E-state index in [0.29, 0.717) is 19.4 Å². The van der Waals surface area contributed by atoms with E-state index in [9.17, 15) is 14.7 Å². The molecule has 0 spiro atoms. The van der Waals surface area contributed by atoms with Crippen LogP contribution in [0.4, 0.5) is 0 Å². The zero-order chi connectivity index (χ0) is 14.6. The van der Waals surface area contributed by atoms with E-state index in [1.54, 1.807) is 7.11 Å². The minimum Gasteiger partial charge on any atom is -0.481 e. The van der Waals surface area contributed by atoms with E-state index in [2.05, 4.69) is 5.32 Å². The largest absolute Gasteiger partial charge is 0.481 e. The van der Waals surface area contributed by atoms with Crippen LogP contribution in [0, 0.1) is 17.3 Å². The lowest BCUT2D eigenvalue weighted by Gasteiger charge is -2.46. The molecule has 1 aliphatic rings. The highest BCUT2D eigenvalue weighted by atomic mass is 16.5. The number of hydrogen-bond acceptors (Lipinski definition) is 3. The van der Waals surface area contributed by atoms with Crippen molar-refractivity contribution in [3.63, 3.8) is 0 Å². The Morgan fingerprint density at radius 1 is 1.37 bits per heavy atom. The molecule has 0 aromatic rings. The summed E-state index contributed by atoms with van der Waals surface area (Å²) in [6, 6.07) is 0.0509. The number of carbonyl (C=O) groups excluding carboxylic acids is 1. The minimum absolute atomic E-state index is 0.0247. The summed E-state index contributed by atoms with van der Waals surface area (Å²) in [4.78, 5) is 23.0. The second-order valence-electron chi connectivity index (χ2n) is 6.00. The average Bonchev–Trinajstić information content (AvgIpc) is 2.32. The van der Waals surface area contributed by atoms with E-state index in [1.807, 2.05) is 20.8 Å². The molecule has 0 bridgehead atoms. The third kappa shape index (κ3) is 3.69. The predicted octanol–water partition coefficient (Wildman–Crippen LogP) is 1.66. The van der Waals surface area contributed by atoms with E-state index in [-0.39, 0.29) is 29.2 Å². The highest BCUT2D eigenvalue weighted by Gasteiger charge is 2.46. The van der Waals surface area contributed by atoms with E-state index in [4.69, 9.17) is 4.74 Å². The molecule has 2 N–H and O–H groups in total. The maximum absolute atomic E-state index is 11.7. The molecule has 0 heterocycles. The zero-order valence-corrected chi connectivity index (χ0v) is 12.2. The predicted molar refractivity (Wildman–Crippen MR) is 71.7 cm³/mol. The summed E-state index contributed by atoms with van der Waals surface area (Å²) in [5.41, 5.74) is -0.316. The van der Waals surface area contributed by atoms with Gasteiger partial charge in [-0.05, 0) is 24.2 Å². The van der Waals surface area contributed by atoms with Gasteiger partial charge in [-0.25, -0.2) is 0 Å². The first-order valence-corrected chi connectivity index (χ1v) is 6.81. The lowest BCUT2D eigenvalue weighted by Crippen LogP contribution is -2.52. The van der Waals surface area contributed by atoms with Crippen LogP contribution >= 0.6 is 0 Å². The number of hydrogen-bond donors (Lipinski definition) is 2. The van der Waals surface area contributed by atoms with E-state index in [0.717, 1.165) is 6.42 Å². The number of amides is 1. The van der Waals surface area contributed by atoms with Crippen LogP contribution in [0.25, 0.3) is 0 Å². The van der Waals surface area contributed by atoms with E-state index in [1.165, 1.54) is 0 Å². The fraction of sp³-hybridized carbons (Fsp3) is 0.857. The molecule has 1 saturated carbocycles. The summed E-state index contributed by atoms with van der Waals surface area (Å²) >= 11 is 0. The summed E-state index contributed by atoms with van der Waals surface area (Å²) in [6.07, 6.45) is 1.69. The standard InChI is InChI=1S/C14H25NO4/c1-9-11(15-12(16)7-8-19-4)6-5-10(13(17)18)14(9,2)3/h9-11H,5-8H2,1-4H3,(H,15,16)(H,17,18). The maximum atomic E-state index is 11.7. The number of methoxy groups -OCH3 is 1. The Morgan fingerprint density at radius 3 is 2.53 bits per heavy atom. The molecule has 1 rings (SSSR count). The number of carbonyl (C=O) groups is 2. The van der Waals surface area contributed by atoms with Crippen molar-refractivity contribution in [1.29, 1.82) is 0 Å². The van der Waals surface area contributed by atoms with Crippen LogP contribution in [0.2, 0.25) is 0 Å². The molecule has 0 aromatic carbocycles. The molecule has 3 unspecified atom stereocenters. The second kappa shape index (κ2) is 6.37. The Kier molecular flexibility index (Phi) is 5.35. The number of carboxylic acid groups (broad SMARTS) is 1. The molecule has 0 saturated heterocycles. The van der Waals surface area contributed by atoms with Crippen molar-refractivity contribution < 1.29 is 19.4 Å². The van der Waals surface area contributed by atoms with Gasteiger partial charge in [0.15, 0.2) is 0 Å². The van der Waals surface area contributed by atoms with Crippen molar-refractivity contribution in [2.24, 2.45) is 17.3 Å². The summed E-state index contributed by atoms with van der Waals surface area (Å²) in [7, 11) is 1.57. The van der Waals surface area contributed by atoms with Gasteiger partial charge in [0.05, 0.1) is 12.5 Å². The summed E-state index contributed by atoms with van der Waals surface area (Å²) < 4.78 is 4.88. The Hall–Kier alpha value is -1.10. The van der Waals surface area contributed by atoms with Gasteiger partial charge in [0, 0.05) is 19.6 Å². The molecule has 19 heavy (non-hydrogen) atoms. The molecular formula is C14H25NO4. The normalized spacial score (nSPS) is 29.8. The van der Waals surface area contributed by atoms with Gasteiger partial charge < -0.3 is 15.2 Å². The Balaban J connectivity index is 2.65. The van der Waals surface area contributed by atoms with Gasteiger partial charge in [0.2, 0.25) is 5.91 Å². The smallest absolute Gasteiger partial charge is 0.307 e. The molecule has 0 radical (unpaired) electrons. The third-order valence-corrected chi connectivity index (χ3v) is 4.62. The molecule has 1 fully saturated rings. The van der Waals surface area contributed by atoms with Crippen molar-refractivity contribution in [1.82, 2.24) is 5.32 Å². The molecular weight excluding hydrogens is 246 g/mol. The van der Waals surface area contributed by atoms with Crippen LogP contribution < -0.4 is 5.32 Å². The van der Waals surface area contributed by atoms with Gasteiger partial charge in [-0.1, -0.05) is 20.8 Å².